The summed E-state index contributed by atoms with van der Waals surface area (Å²) >= 11 is 5.47. The lowest BCUT2D eigenvalue weighted by Crippen LogP contribution is -2.48. The molecule has 0 saturated carbocycles. The highest BCUT2D eigenvalue weighted by molar-refractivity contribution is 7.89. The predicted molar refractivity (Wildman–Crippen MR) is 106 cm³/mol. The van der Waals surface area contributed by atoms with Crippen LogP contribution in [0.25, 0.3) is 11.6 Å². The first kappa shape index (κ1) is 20.0. The molecule has 0 N–H and O–H groups in total. The number of hydrogen-bond acceptors (Lipinski definition) is 6. The summed E-state index contributed by atoms with van der Waals surface area (Å²) in [5.41, 5.74) is 0. The van der Waals surface area contributed by atoms with E-state index in [4.69, 9.17) is 16.6 Å². The molecular weight excluding hydrogens is 417 g/mol. The van der Waals surface area contributed by atoms with E-state index in [1.54, 1.807) is 21.6 Å². The van der Waals surface area contributed by atoms with Crippen LogP contribution < -0.4 is 0 Å². The molecule has 2 aromatic heterocycles. The maximum Gasteiger partial charge on any atom is 0.243 e. The van der Waals surface area contributed by atoms with Crippen molar-refractivity contribution >= 4 is 22.2 Å². The third-order valence-electron chi connectivity index (χ3n) is 4.88. The summed E-state index contributed by atoms with van der Waals surface area (Å²) in [5, 5.41) is 4.54. The maximum atomic E-state index is 13.4. The van der Waals surface area contributed by atoms with Gasteiger partial charge in [0.25, 0.3) is 0 Å². The van der Waals surface area contributed by atoms with Crippen molar-refractivity contribution in [3.63, 3.8) is 0 Å². The molecule has 4 rings (SSSR count). The molecule has 3 heterocycles. The lowest BCUT2D eigenvalue weighted by Gasteiger charge is -2.33. The summed E-state index contributed by atoms with van der Waals surface area (Å²) in [7, 11) is -1.89. The van der Waals surface area contributed by atoms with Gasteiger partial charge in [-0.2, -0.15) is 4.31 Å². The average molecular weight is 438 g/mol. The van der Waals surface area contributed by atoms with E-state index in [-0.39, 0.29) is 4.90 Å². The van der Waals surface area contributed by atoms with Gasteiger partial charge in [0.05, 0.1) is 17.8 Å². The van der Waals surface area contributed by atoms with Crippen molar-refractivity contribution in [2.24, 2.45) is 7.05 Å². The van der Waals surface area contributed by atoms with Gasteiger partial charge in [0.15, 0.2) is 16.4 Å². The van der Waals surface area contributed by atoms with Crippen LogP contribution in [-0.2, 0) is 23.7 Å². The van der Waals surface area contributed by atoms with Crippen LogP contribution in [0.5, 0.6) is 0 Å². The Labute approximate surface area is 172 Å². The normalized spacial score (nSPS) is 16.3. The first-order valence-corrected chi connectivity index (χ1v) is 10.9. The van der Waals surface area contributed by atoms with Crippen LogP contribution in [-0.4, -0.2) is 58.1 Å². The Morgan fingerprint density at radius 2 is 1.93 bits per heavy atom. The van der Waals surface area contributed by atoms with Crippen LogP contribution >= 0.6 is 12.2 Å². The Kier molecular flexibility index (Phi) is 5.38. The van der Waals surface area contributed by atoms with Crippen LogP contribution in [0, 0.1) is 10.6 Å². The van der Waals surface area contributed by atoms with Gasteiger partial charge in [0.1, 0.15) is 5.82 Å². The summed E-state index contributed by atoms with van der Waals surface area (Å²) in [6.45, 7) is 2.10. The molecule has 0 amide bonds. The minimum Gasteiger partial charge on any atom is -0.461 e. The Hall–Kier alpha value is -2.34. The number of halogens is 1. The highest BCUT2D eigenvalue weighted by atomic mass is 32.2. The third-order valence-corrected chi connectivity index (χ3v) is 7.26. The molecule has 0 bridgehead atoms. The predicted octanol–water partition coefficient (Wildman–Crippen LogP) is 2.31. The molecule has 0 unspecified atom stereocenters. The van der Waals surface area contributed by atoms with Gasteiger partial charge in [-0.05, 0) is 42.5 Å². The van der Waals surface area contributed by atoms with Crippen molar-refractivity contribution in [3.05, 3.63) is 53.2 Å². The molecule has 8 nitrogen and oxygen atoms in total. The molecule has 1 aromatic carbocycles. The molecule has 11 heteroatoms. The number of furan rings is 1. The fraction of sp³-hybridized carbons (Fsp3) is 0.333. The van der Waals surface area contributed by atoms with E-state index in [9.17, 15) is 12.8 Å². The lowest BCUT2D eigenvalue weighted by atomic mass is 10.4. The Morgan fingerprint density at radius 1 is 1.17 bits per heavy atom. The molecule has 1 aliphatic rings. The van der Waals surface area contributed by atoms with E-state index in [1.165, 1.54) is 22.5 Å². The SMILES string of the molecule is Cn1c(-c2ccco2)nn(CN2CCN(S(=O)(=O)c3cccc(F)c3)CC2)c1=S. The van der Waals surface area contributed by atoms with Crippen molar-refractivity contribution in [2.45, 2.75) is 11.6 Å². The van der Waals surface area contributed by atoms with E-state index in [0.717, 1.165) is 6.07 Å². The van der Waals surface area contributed by atoms with Gasteiger partial charge in [-0.25, -0.2) is 17.5 Å². The van der Waals surface area contributed by atoms with E-state index < -0.39 is 15.8 Å². The van der Waals surface area contributed by atoms with E-state index in [2.05, 4.69) is 10.00 Å². The number of nitrogens with zero attached hydrogens (tertiary/aromatic N) is 5. The number of benzene rings is 1. The van der Waals surface area contributed by atoms with Crippen LogP contribution in [0.2, 0.25) is 0 Å². The number of sulfonamides is 1. The van der Waals surface area contributed by atoms with Gasteiger partial charge < -0.3 is 8.98 Å². The van der Waals surface area contributed by atoms with Crippen molar-refractivity contribution in [2.75, 3.05) is 26.2 Å². The average Bonchev–Trinajstić information content (AvgIpc) is 3.33. The van der Waals surface area contributed by atoms with Gasteiger partial charge >= 0.3 is 0 Å². The van der Waals surface area contributed by atoms with Crippen molar-refractivity contribution in [1.29, 1.82) is 0 Å². The zero-order valence-corrected chi connectivity index (χ0v) is 17.4. The van der Waals surface area contributed by atoms with Gasteiger partial charge in [-0.3, -0.25) is 4.90 Å². The Balaban J connectivity index is 1.45. The number of aromatic nitrogens is 3. The molecule has 0 spiro atoms. The fourth-order valence-electron chi connectivity index (χ4n) is 3.28. The summed E-state index contributed by atoms with van der Waals surface area (Å²) in [6.07, 6.45) is 1.58. The van der Waals surface area contributed by atoms with Gasteiger partial charge in [0.2, 0.25) is 10.0 Å². The smallest absolute Gasteiger partial charge is 0.243 e. The third kappa shape index (κ3) is 3.90. The monoisotopic (exact) mass is 437 g/mol. The zero-order valence-electron chi connectivity index (χ0n) is 15.7. The zero-order chi connectivity index (χ0) is 20.6. The summed E-state index contributed by atoms with van der Waals surface area (Å²) in [4.78, 5) is 2.05. The number of piperazine rings is 1. The minimum absolute atomic E-state index is 0.0269. The topological polar surface area (TPSA) is 76.5 Å². The highest BCUT2D eigenvalue weighted by Gasteiger charge is 2.29. The minimum atomic E-state index is -3.71. The van der Waals surface area contributed by atoms with Gasteiger partial charge in [-0.1, -0.05) is 6.07 Å². The second kappa shape index (κ2) is 7.82. The molecule has 0 atom stereocenters. The maximum absolute atomic E-state index is 13.4. The lowest BCUT2D eigenvalue weighted by molar-refractivity contribution is 0.144. The van der Waals surface area contributed by atoms with E-state index in [0.29, 0.717) is 49.2 Å². The summed E-state index contributed by atoms with van der Waals surface area (Å²) in [6, 6.07) is 8.69. The summed E-state index contributed by atoms with van der Waals surface area (Å²) in [5.74, 6) is 0.692. The van der Waals surface area contributed by atoms with Crippen LogP contribution in [0.1, 0.15) is 0 Å². The molecule has 1 aliphatic heterocycles. The second-order valence-corrected chi connectivity index (χ2v) is 9.07. The highest BCUT2D eigenvalue weighted by Crippen LogP contribution is 2.20. The standard InChI is InChI=1S/C18H20FN5O3S2/c1-21-17(16-6-3-11-27-16)20-24(18(21)28)13-22-7-9-23(10-8-22)29(25,26)15-5-2-4-14(19)12-15/h2-6,11-12H,7-10,13H2,1H3. The molecule has 0 aliphatic carbocycles. The molecule has 1 saturated heterocycles. The first-order valence-electron chi connectivity index (χ1n) is 9.02. The molecule has 0 radical (unpaired) electrons. The van der Waals surface area contributed by atoms with Crippen LogP contribution in [0.3, 0.4) is 0 Å². The molecule has 29 heavy (non-hydrogen) atoms. The molecule has 154 valence electrons. The fourth-order valence-corrected chi connectivity index (χ4v) is 4.92. The second-order valence-electron chi connectivity index (χ2n) is 6.76. The Bertz CT molecular complexity index is 1160. The van der Waals surface area contributed by atoms with Crippen molar-refractivity contribution < 1.29 is 17.2 Å². The summed E-state index contributed by atoms with van der Waals surface area (Å²) < 4.78 is 49.7. The molecule has 1 fully saturated rings. The van der Waals surface area contributed by atoms with Gasteiger partial charge in [0, 0.05) is 33.2 Å². The largest absolute Gasteiger partial charge is 0.461 e. The van der Waals surface area contributed by atoms with Crippen LogP contribution in [0.4, 0.5) is 4.39 Å². The quantitative estimate of drug-likeness (QED) is 0.570. The van der Waals surface area contributed by atoms with E-state index in [1.807, 2.05) is 13.1 Å². The first-order chi connectivity index (χ1) is 13.9. The van der Waals surface area contributed by atoms with E-state index >= 15 is 0 Å². The van der Waals surface area contributed by atoms with Crippen LogP contribution in [0.15, 0.2) is 52.0 Å². The number of hydrogen-bond donors (Lipinski definition) is 0. The number of rotatable bonds is 5. The molecular formula is C18H20FN5O3S2. The Morgan fingerprint density at radius 3 is 2.59 bits per heavy atom. The van der Waals surface area contributed by atoms with Gasteiger partial charge in [-0.15, -0.1) is 5.10 Å². The molecule has 3 aromatic rings. The van der Waals surface area contributed by atoms with Crippen molar-refractivity contribution in [1.82, 2.24) is 23.6 Å². The van der Waals surface area contributed by atoms with Crippen molar-refractivity contribution in [3.8, 4) is 11.6 Å².